The van der Waals surface area contributed by atoms with Gasteiger partial charge in [0, 0.05) is 18.5 Å². The fraction of sp³-hybridized carbons (Fsp3) is 0.611. The first-order chi connectivity index (χ1) is 11.9. The second-order valence-corrected chi connectivity index (χ2v) is 6.90. The topological polar surface area (TPSA) is 50.4 Å². The SMILES string of the molecule is Cl.O=C(CC1CC2CCC(C1)N2)NCCOc1ccc(C(F)(F)F)cc1. The molecule has 1 amide bonds. The number of benzene rings is 1. The Balaban J connectivity index is 0.00000243. The number of carbonyl (C=O) groups is 1. The van der Waals surface area contributed by atoms with Crippen molar-refractivity contribution >= 4 is 18.3 Å². The van der Waals surface area contributed by atoms with Crippen LogP contribution in [0.15, 0.2) is 24.3 Å². The number of hydrogen-bond donors (Lipinski definition) is 2. The molecule has 2 heterocycles. The van der Waals surface area contributed by atoms with Gasteiger partial charge in [0.25, 0.3) is 0 Å². The molecule has 0 aromatic heterocycles. The zero-order valence-electron chi connectivity index (χ0n) is 14.3. The minimum Gasteiger partial charge on any atom is -0.492 e. The molecule has 26 heavy (non-hydrogen) atoms. The summed E-state index contributed by atoms with van der Waals surface area (Å²) in [7, 11) is 0. The number of rotatable bonds is 6. The van der Waals surface area contributed by atoms with Crippen molar-refractivity contribution in [2.45, 2.75) is 50.4 Å². The van der Waals surface area contributed by atoms with Crippen molar-refractivity contribution < 1.29 is 22.7 Å². The number of halogens is 4. The normalized spacial score (nSPS) is 24.7. The van der Waals surface area contributed by atoms with Gasteiger partial charge in [0.2, 0.25) is 5.91 Å². The van der Waals surface area contributed by atoms with E-state index in [9.17, 15) is 18.0 Å². The van der Waals surface area contributed by atoms with E-state index in [1.807, 2.05) is 0 Å². The quantitative estimate of drug-likeness (QED) is 0.728. The fourth-order valence-corrected chi connectivity index (χ4v) is 3.78. The van der Waals surface area contributed by atoms with Crippen molar-refractivity contribution in [3.63, 3.8) is 0 Å². The monoisotopic (exact) mass is 392 g/mol. The van der Waals surface area contributed by atoms with E-state index in [-0.39, 0.29) is 24.9 Å². The van der Waals surface area contributed by atoms with Crippen LogP contribution in [0, 0.1) is 5.92 Å². The van der Waals surface area contributed by atoms with Gasteiger partial charge in [-0.3, -0.25) is 4.79 Å². The molecular formula is C18H24ClF3N2O2. The summed E-state index contributed by atoms with van der Waals surface area (Å²) in [6.07, 6.45) is 0.737. The van der Waals surface area contributed by atoms with E-state index in [4.69, 9.17) is 4.74 Å². The molecule has 2 aliphatic rings. The molecule has 2 aliphatic heterocycles. The Hall–Kier alpha value is -1.47. The van der Waals surface area contributed by atoms with Gasteiger partial charge < -0.3 is 15.4 Å². The van der Waals surface area contributed by atoms with E-state index in [2.05, 4.69) is 10.6 Å². The molecule has 2 atom stereocenters. The third kappa shape index (κ3) is 5.77. The first kappa shape index (κ1) is 20.8. The summed E-state index contributed by atoms with van der Waals surface area (Å²) >= 11 is 0. The Bertz CT molecular complexity index is 583. The van der Waals surface area contributed by atoms with Crippen molar-refractivity contribution in [3.8, 4) is 5.75 Å². The maximum absolute atomic E-state index is 12.5. The van der Waals surface area contributed by atoms with Gasteiger partial charge in [-0.25, -0.2) is 0 Å². The Kier molecular flexibility index (Phi) is 7.17. The number of hydrogen-bond acceptors (Lipinski definition) is 3. The van der Waals surface area contributed by atoms with Crippen LogP contribution < -0.4 is 15.4 Å². The van der Waals surface area contributed by atoms with Crippen LogP contribution in [0.1, 0.15) is 37.7 Å². The Morgan fingerprint density at radius 3 is 2.35 bits per heavy atom. The number of fused-ring (bicyclic) bond motifs is 2. The van der Waals surface area contributed by atoms with E-state index >= 15 is 0 Å². The highest BCUT2D eigenvalue weighted by molar-refractivity contribution is 5.85. The van der Waals surface area contributed by atoms with E-state index < -0.39 is 11.7 Å². The molecule has 0 radical (unpaired) electrons. The lowest BCUT2D eigenvalue weighted by atomic mass is 9.89. The molecule has 3 rings (SSSR count). The zero-order chi connectivity index (χ0) is 17.9. The summed E-state index contributed by atoms with van der Waals surface area (Å²) < 4.78 is 42.8. The summed E-state index contributed by atoms with van der Waals surface area (Å²) in [5, 5.41) is 6.38. The summed E-state index contributed by atoms with van der Waals surface area (Å²) in [4.78, 5) is 12.0. The van der Waals surface area contributed by atoms with Gasteiger partial charge in [0.05, 0.1) is 12.1 Å². The van der Waals surface area contributed by atoms with Crippen molar-refractivity contribution in [3.05, 3.63) is 29.8 Å². The fourth-order valence-electron chi connectivity index (χ4n) is 3.78. The van der Waals surface area contributed by atoms with Gasteiger partial charge in [-0.05, 0) is 55.9 Å². The molecule has 146 valence electrons. The highest BCUT2D eigenvalue weighted by atomic mass is 35.5. The van der Waals surface area contributed by atoms with E-state index in [0.717, 1.165) is 25.0 Å². The molecule has 0 saturated carbocycles. The molecule has 0 spiro atoms. The van der Waals surface area contributed by atoms with Gasteiger partial charge in [-0.1, -0.05) is 0 Å². The van der Waals surface area contributed by atoms with Crippen molar-refractivity contribution in [2.75, 3.05) is 13.2 Å². The zero-order valence-corrected chi connectivity index (χ0v) is 15.2. The smallest absolute Gasteiger partial charge is 0.416 e. The Labute approximate surface area is 157 Å². The molecular weight excluding hydrogens is 369 g/mol. The molecule has 0 aliphatic carbocycles. The Morgan fingerprint density at radius 2 is 1.77 bits per heavy atom. The van der Waals surface area contributed by atoms with Crippen LogP contribution in [0.2, 0.25) is 0 Å². The number of amides is 1. The number of ether oxygens (including phenoxy) is 1. The van der Waals surface area contributed by atoms with Gasteiger partial charge in [-0.2, -0.15) is 13.2 Å². The lowest BCUT2D eigenvalue weighted by Gasteiger charge is -2.28. The maximum atomic E-state index is 12.5. The molecule has 1 aromatic carbocycles. The minimum atomic E-state index is -4.35. The molecule has 4 nitrogen and oxygen atoms in total. The van der Waals surface area contributed by atoms with Crippen LogP contribution >= 0.6 is 12.4 Å². The van der Waals surface area contributed by atoms with Crippen LogP contribution in [0.5, 0.6) is 5.75 Å². The maximum Gasteiger partial charge on any atom is 0.416 e. The van der Waals surface area contributed by atoms with E-state index in [1.54, 1.807) is 0 Å². The van der Waals surface area contributed by atoms with Crippen LogP contribution in [0.4, 0.5) is 13.2 Å². The average Bonchev–Trinajstić information content (AvgIpc) is 2.90. The van der Waals surface area contributed by atoms with Gasteiger partial charge in [-0.15, -0.1) is 12.4 Å². The molecule has 1 aromatic rings. The summed E-state index contributed by atoms with van der Waals surface area (Å²) in [6, 6.07) is 5.68. The summed E-state index contributed by atoms with van der Waals surface area (Å²) in [5.74, 6) is 0.814. The van der Waals surface area contributed by atoms with Gasteiger partial charge in [0.1, 0.15) is 12.4 Å². The molecule has 2 fully saturated rings. The van der Waals surface area contributed by atoms with Gasteiger partial charge >= 0.3 is 6.18 Å². The van der Waals surface area contributed by atoms with Crippen molar-refractivity contribution in [1.29, 1.82) is 0 Å². The summed E-state index contributed by atoms with van der Waals surface area (Å²) in [6.45, 7) is 0.576. The standard InChI is InChI=1S/C18H23F3N2O2.ClH/c19-18(20,21)13-1-5-16(6-2-13)25-8-7-22-17(24)11-12-9-14-3-4-15(10-12)23-14;/h1-2,5-6,12,14-15,23H,3-4,7-11H2,(H,22,24);1H. The van der Waals surface area contributed by atoms with Crippen molar-refractivity contribution in [1.82, 2.24) is 10.6 Å². The third-order valence-electron chi connectivity index (χ3n) is 4.92. The van der Waals surface area contributed by atoms with E-state index in [1.165, 1.54) is 25.0 Å². The minimum absolute atomic E-state index is 0. The van der Waals surface area contributed by atoms with Crippen LogP contribution in [-0.4, -0.2) is 31.1 Å². The number of alkyl halides is 3. The predicted octanol–water partition coefficient (Wildman–Crippen LogP) is 3.54. The second kappa shape index (κ2) is 8.95. The highest BCUT2D eigenvalue weighted by Crippen LogP contribution is 2.32. The Morgan fingerprint density at radius 1 is 1.15 bits per heavy atom. The van der Waals surface area contributed by atoms with Crippen molar-refractivity contribution in [2.24, 2.45) is 5.92 Å². The summed E-state index contributed by atoms with van der Waals surface area (Å²) in [5.41, 5.74) is -0.705. The number of piperidine rings is 1. The molecule has 2 saturated heterocycles. The number of nitrogens with one attached hydrogen (secondary N) is 2. The van der Waals surface area contributed by atoms with Crippen LogP contribution in [-0.2, 0) is 11.0 Å². The lowest BCUT2D eigenvalue weighted by Crippen LogP contribution is -2.40. The first-order valence-corrected chi connectivity index (χ1v) is 8.73. The van der Waals surface area contributed by atoms with Crippen LogP contribution in [0.25, 0.3) is 0 Å². The van der Waals surface area contributed by atoms with Crippen LogP contribution in [0.3, 0.4) is 0 Å². The second-order valence-electron chi connectivity index (χ2n) is 6.90. The highest BCUT2D eigenvalue weighted by Gasteiger charge is 2.34. The first-order valence-electron chi connectivity index (χ1n) is 8.73. The number of carbonyl (C=O) groups excluding carboxylic acids is 1. The lowest BCUT2D eigenvalue weighted by molar-refractivity contribution is -0.137. The van der Waals surface area contributed by atoms with Gasteiger partial charge in [0.15, 0.2) is 0 Å². The van der Waals surface area contributed by atoms with E-state index in [0.29, 0.717) is 36.7 Å². The average molecular weight is 393 g/mol. The third-order valence-corrected chi connectivity index (χ3v) is 4.92. The largest absolute Gasteiger partial charge is 0.492 e. The molecule has 8 heteroatoms. The predicted molar refractivity (Wildman–Crippen MR) is 94.5 cm³/mol. The molecule has 2 unspecified atom stereocenters. The molecule has 2 bridgehead atoms. The molecule has 2 N–H and O–H groups in total.